The van der Waals surface area contributed by atoms with Crippen molar-refractivity contribution >= 4 is 38.6 Å². The van der Waals surface area contributed by atoms with E-state index in [-0.39, 0.29) is 5.95 Å². The van der Waals surface area contributed by atoms with Crippen molar-refractivity contribution in [1.82, 2.24) is 14.5 Å². The molecule has 3 aromatic rings. The summed E-state index contributed by atoms with van der Waals surface area (Å²) >= 11 is 3.59. The molecule has 0 saturated heterocycles. The first kappa shape index (κ1) is 14.8. The summed E-state index contributed by atoms with van der Waals surface area (Å²) in [5.74, 6) is 0.268. The Hall–Kier alpha value is -2.12. The number of nitrogens with zero attached hydrogens (tertiary/aromatic N) is 3. The average molecular weight is 362 g/mol. The summed E-state index contributed by atoms with van der Waals surface area (Å²) < 4.78 is 8.00. The van der Waals surface area contributed by atoms with E-state index in [0.29, 0.717) is 6.61 Å². The van der Waals surface area contributed by atoms with Crippen molar-refractivity contribution in [2.45, 2.75) is 0 Å². The molecule has 0 saturated carbocycles. The minimum atomic E-state index is 0.268. The number of nitrogens with two attached hydrogens (primary N) is 1. The van der Waals surface area contributed by atoms with Crippen molar-refractivity contribution in [1.29, 1.82) is 0 Å². The van der Waals surface area contributed by atoms with E-state index >= 15 is 0 Å². The predicted octanol–water partition coefficient (Wildman–Crippen LogP) is 2.82. The minimum Gasteiger partial charge on any atom is -0.383 e. The molecule has 1 aromatic carbocycles. The molecule has 0 radical (unpaired) electrons. The number of aromatic nitrogens is 3. The third-order valence-corrected chi connectivity index (χ3v) is 3.95. The summed E-state index contributed by atoms with van der Waals surface area (Å²) in [5.41, 5.74) is 8.49. The number of hydrogen-bond donors (Lipinski definition) is 2. The van der Waals surface area contributed by atoms with E-state index in [0.717, 1.165) is 33.4 Å². The zero-order chi connectivity index (χ0) is 15.5. The molecule has 0 aliphatic carbocycles. The maximum Gasteiger partial charge on any atom is 0.221 e. The number of methoxy groups -OCH3 is 1. The maximum atomic E-state index is 5.69. The molecule has 7 heteroatoms. The highest BCUT2D eigenvalue weighted by Crippen LogP contribution is 2.27. The Morgan fingerprint density at radius 1 is 1.36 bits per heavy atom. The van der Waals surface area contributed by atoms with Crippen LogP contribution in [0, 0.1) is 0 Å². The summed E-state index contributed by atoms with van der Waals surface area (Å²) in [6, 6.07) is 8.05. The number of rotatable bonds is 5. The lowest BCUT2D eigenvalue weighted by atomic mass is 10.2. The highest BCUT2D eigenvalue weighted by molar-refractivity contribution is 9.10. The molecule has 3 N–H and O–H groups in total. The van der Waals surface area contributed by atoms with E-state index in [1.54, 1.807) is 13.3 Å². The lowest BCUT2D eigenvalue weighted by Gasteiger charge is -2.11. The molecule has 22 heavy (non-hydrogen) atoms. The molecule has 0 bridgehead atoms. The zero-order valence-electron chi connectivity index (χ0n) is 12.1. The number of halogens is 1. The van der Waals surface area contributed by atoms with Gasteiger partial charge in [0, 0.05) is 47.3 Å². The molecule has 2 heterocycles. The number of nitrogen functional groups attached to an aromatic ring is 1. The highest BCUT2D eigenvalue weighted by Gasteiger charge is 2.08. The maximum absolute atomic E-state index is 5.69. The number of nitrogens with one attached hydrogen (secondary N) is 1. The average Bonchev–Trinajstić information content (AvgIpc) is 2.92. The van der Waals surface area contributed by atoms with Crippen LogP contribution in [0.4, 0.5) is 11.6 Å². The minimum absolute atomic E-state index is 0.268. The molecule has 0 aliphatic heterocycles. The molecule has 0 unspecified atom stereocenters. The second kappa shape index (κ2) is 6.33. The van der Waals surface area contributed by atoms with Crippen molar-refractivity contribution in [3.63, 3.8) is 0 Å². The number of fused-ring (bicyclic) bond motifs is 1. The van der Waals surface area contributed by atoms with Gasteiger partial charge in [-0.1, -0.05) is 0 Å². The molecule has 3 rings (SSSR count). The van der Waals surface area contributed by atoms with Crippen LogP contribution in [0.1, 0.15) is 0 Å². The van der Waals surface area contributed by atoms with Gasteiger partial charge >= 0.3 is 0 Å². The molecule has 0 spiro atoms. The van der Waals surface area contributed by atoms with Gasteiger partial charge in [0.25, 0.3) is 0 Å². The van der Waals surface area contributed by atoms with Gasteiger partial charge in [0.1, 0.15) is 5.65 Å². The van der Waals surface area contributed by atoms with E-state index in [1.165, 1.54) is 0 Å². The topological polar surface area (TPSA) is 78.0 Å². The summed E-state index contributed by atoms with van der Waals surface area (Å²) in [7, 11) is 1.69. The van der Waals surface area contributed by atoms with Crippen LogP contribution in [-0.4, -0.2) is 34.8 Å². The largest absolute Gasteiger partial charge is 0.383 e. The van der Waals surface area contributed by atoms with E-state index in [9.17, 15) is 0 Å². The number of ether oxygens (including phenoxy) is 1. The molecular weight excluding hydrogens is 346 g/mol. The van der Waals surface area contributed by atoms with Gasteiger partial charge in [0.05, 0.1) is 6.61 Å². The third kappa shape index (κ3) is 2.90. The van der Waals surface area contributed by atoms with Gasteiger partial charge in [0.2, 0.25) is 5.95 Å². The third-order valence-electron chi connectivity index (χ3n) is 3.30. The van der Waals surface area contributed by atoms with Crippen LogP contribution < -0.4 is 11.1 Å². The second-order valence-corrected chi connectivity index (χ2v) is 5.63. The molecular formula is C15H16BrN5O. The van der Waals surface area contributed by atoms with Crippen LogP contribution in [0.2, 0.25) is 0 Å². The van der Waals surface area contributed by atoms with Gasteiger partial charge < -0.3 is 20.4 Å². The van der Waals surface area contributed by atoms with Crippen molar-refractivity contribution in [3.05, 3.63) is 41.1 Å². The first-order valence-corrected chi connectivity index (χ1v) is 7.60. The Morgan fingerprint density at radius 2 is 2.23 bits per heavy atom. The van der Waals surface area contributed by atoms with Crippen LogP contribution in [0.25, 0.3) is 16.7 Å². The van der Waals surface area contributed by atoms with Crippen LogP contribution in [0.3, 0.4) is 0 Å². The summed E-state index contributed by atoms with van der Waals surface area (Å²) in [6.45, 7) is 1.41. The molecule has 6 nitrogen and oxygen atoms in total. The van der Waals surface area contributed by atoms with Gasteiger partial charge in [-0.3, -0.25) is 0 Å². The number of benzene rings is 1. The molecule has 0 aliphatic rings. The molecule has 114 valence electrons. The standard InChI is InChI=1S/C15H16BrN5O/c1-22-7-5-18-13-3-2-11(8-12(13)16)21-6-4-10-9-19-15(17)20-14(10)21/h2-4,6,8-9,18H,5,7H2,1H3,(H2,17,19,20). The van der Waals surface area contributed by atoms with Gasteiger partial charge in [-0.25, -0.2) is 4.98 Å². The SMILES string of the molecule is COCCNc1ccc(-n2ccc3cnc(N)nc32)cc1Br. The van der Waals surface area contributed by atoms with Crippen molar-refractivity contribution in [2.75, 3.05) is 31.3 Å². The molecule has 2 aromatic heterocycles. The first-order valence-electron chi connectivity index (χ1n) is 6.81. The monoisotopic (exact) mass is 361 g/mol. The van der Waals surface area contributed by atoms with E-state index in [1.807, 2.05) is 35.0 Å². The van der Waals surface area contributed by atoms with E-state index < -0.39 is 0 Å². The van der Waals surface area contributed by atoms with Crippen LogP contribution >= 0.6 is 15.9 Å². The fourth-order valence-electron chi connectivity index (χ4n) is 2.22. The fraction of sp³-hybridized carbons (Fsp3) is 0.200. The normalized spacial score (nSPS) is 11.0. The fourth-order valence-corrected chi connectivity index (χ4v) is 2.73. The van der Waals surface area contributed by atoms with Crippen LogP contribution in [0.15, 0.2) is 41.1 Å². The van der Waals surface area contributed by atoms with Gasteiger partial charge in [0.15, 0.2) is 0 Å². The zero-order valence-corrected chi connectivity index (χ0v) is 13.7. The van der Waals surface area contributed by atoms with Crippen molar-refractivity contribution < 1.29 is 4.74 Å². The van der Waals surface area contributed by atoms with Crippen molar-refractivity contribution in [2.24, 2.45) is 0 Å². The predicted molar refractivity (Wildman–Crippen MR) is 91.3 cm³/mol. The quantitative estimate of drug-likeness (QED) is 0.683. The van der Waals surface area contributed by atoms with Crippen molar-refractivity contribution in [3.8, 4) is 5.69 Å². The van der Waals surface area contributed by atoms with Crippen LogP contribution in [-0.2, 0) is 4.74 Å². The Morgan fingerprint density at radius 3 is 3.00 bits per heavy atom. The number of anilines is 2. The Bertz CT molecular complexity index is 802. The van der Waals surface area contributed by atoms with Gasteiger partial charge in [-0.15, -0.1) is 0 Å². The molecule has 0 amide bonds. The highest BCUT2D eigenvalue weighted by atomic mass is 79.9. The smallest absolute Gasteiger partial charge is 0.221 e. The van der Waals surface area contributed by atoms with Gasteiger partial charge in [-0.2, -0.15) is 4.98 Å². The first-order chi connectivity index (χ1) is 10.7. The Balaban J connectivity index is 1.94. The Kier molecular flexibility index (Phi) is 4.26. The lowest BCUT2D eigenvalue weighted by Crippen LogP contribution is -2.08. The lowest BCUT2D eigenvalue weighted by molar-refractivity contribution is 0.211. The molecule has 0 atom stereocenters. The Labute approximate surface area is 136 Å². The number of hydrogen-bond acceptors (Lipinski definition) is 5. The van der Waals surface area contributed by atoms with Crippen LogP contribution in [0.5, 0.6) is 0 Å². The summed E-state index contributed by atoms with van der Waals surface area (Å²) in [6.07, 6.45) is 3.68. The second-order valence-electron chi connectivity index (χ2n) is 4.78. The van der Waals surface area contributed by atoms with Gasteiger partial charge in [-0.05, 0) is 40.2 Å². The summed E-state index contributed by atoms with van der Waals surface area (Å²) in [4.78, 5) is 8.32. The van der Waals surface area contributed by atoms with E-state index in [2.05, 4.69) is 31.2 Å². The van der Waals surface area contributed by atoms with E-state index in [4.69, 9.17) is 10.5 Å². The molecule has 0 fully saturated rings. The summed E-state index contributed by atoms with van der Waals surface area (Å²) in [5, 5.41) is 4.26.